The Morgan fingerprint density at radius 1 is 0.818 bits per heavy atom. The summed E-state index contributed by atoms with van der Waals surface area (Å²) in [6.07, 6.45) is 0. The minimum atomic E-state index is -0.148. The molecule has 1 aliphatic heterocycles. The Morgan fingerprint density at radius 2 is 1.50 bits per heavy atom. The van der Waals surface area contributed by atoms with Crippen LogP contribution in [0.3, 0.4) is 0 Å². The van der Waals surface area contributed by atoms with Gasteiger partial charge in [0.15, 0.2) is 0 Å². The van der Waals surface area contributed by atoms with Gasteiger partial charge in [-0.25, -0.2) is 0 Å². The van der Waals surface area contributed by atoms with Crippen LogP contribution < -0.4 is 5.56 Å². The van der Waals surface area contributed by atoms with E-state index in [1.54, 1.807) is 0 Å². The molecular formula is C20H17NO. The van der Waals surface area contributed by atoms with Crippen molar-refractivity contribution >= 4 is 0 Å². The van der Waals surface area contributed by atoms with Crippen molar-refractivity contribution in [2.45, 2.75) is 19.3 Å². The lowest BCUT2D eigenvalue weighted by molar-refractivity contribution is 0.635. The number of pyridine rings is 1. The molecule has 108 valence electrons. The van der Waals surface area contributed by atoms with E-state index >= 15 is 0 Å². The number of benzene rings is 2. The summed E-state index contributed by atoms with van der Waals surface area (Å²) in [7, 11) is 0. The van der Waals surface area contributed by atoms with Gasteiger partial charge in [0.1, 0.15) is 0 Å². The molecule has 0 saturated heterocycles. The van der Waals surface area contributed by atoms with Crippen molar-refractivity contribution in [3.05, 3.63) is 88.3 Å². The minimum Gasteiger partial charge on any atom is -0.280 e. The molecule has 0 bridgehead atoms. The minimum absolute atomic E-state index is 0.0572. The average molecular weight is 287 g/mol. The SMILES string of the molecule is CC1(C)c2ccccc2-n2c1ccc(-c1ccccc1)c2=O. The fourth-order valence-corrected chi connectivity index (χ4v) is 3.44. The van der Waals surface area contributed by atoms with Gasteiger partial charge in [0.2, 0.25) is 0 Å². The molecule has 22 heavy (non-hydrogen) atoms. The van der Waals surface area contributed by atoms with Gasteiger partial charge in [0, 0.05) is 16.7 Å². The number of hydrogen-bond acceptors (Lipinski definition) is 1. The molecule has 0 unspecified atom stereocenters. The van der Waals surface area contributed by atoms with Crippen LogP contribution in [-0.4, -0.2) is 4.57 Å². The number of para-hydroxylation sites is 1. The van der Waals surface area contributed by atoms with E-state index in [1.165, 1.54) is 5.56 Å². The highest BCUT2D eigenvalue weighted by molar-refractivity contribution is 5.66. The summed E-state index contributed by atoms with van der Waals surface area (Å²) in [6.45, 7) is 4.35. The second-order valence-electron chi connectivity index (χ2n) is 6.28. The van der Waals surface area contributed by atoms with E-state index in [0.717, 1.165) is 22.5 Å². The van der Waals surface area contributed by atoms with Gasteiger partial charge in [-0.3, -0.25) is 9.36 Å². The maximum absolute atomic E-state index is 13.1. The van der Waals surface area contributed by atoms with Gasteiger partial charge in [0.25, 0.3) is 5.56 Å². The van der Waals surface area contributed by atoms with E-state index in [1.807, 2.05) is 59.2 Å². The first-order valence-electron chi connectivity index (χ1n) is 7.52. The Kier molecular flexibility index (Phi) is 2.64. The molecule has 0 N–H and O–H groups in total. The second kappa shape index (κ2) is 4.44. The van der Waals surface area contributed by atoms with Crippen molar-refractivity contribution in [2.75, 3.05) is 0 Å². The van der Waals surface area contributed by atoms with Crippen LogP contribution in [0.15, 0.2) is 71.5 Å². The molecule has 2 nitrogen and oxygen atoms in total. The van der Waals surface area contributed by atoms with Gasteiger partial charge >= 0.3 is 0 Å². The predicted octanol–water partition coefficient (Wildman–Crippen LogP) is 4.14. The van der Waals surface area contributed by atoms with Crippen LogP contribution in [0.2, 0.25) is 0 Å². The lowest BCUT2D eigenvalue weighted by Gasteiger charge is -2.19. The summed E-state index contributed by atoms with van der Waals surface area (Å²) >= 11 is 0. The summed E-state index contributed by atoms with van der Waals surface area (Å²) in [6, 6.07) is 22.1. The third kappa shape index (κ3) is 1.64. The van der Waals surface area contributed by atoms with Crippen molar-refractivity contribution in [3.63, 3.8) is 0 Å². The first-order valence-corrected chi connectivity index (χ1v) is 7.52. The molecule has 0 atom stereocenters. The molecule has 4 rings (SSSR count). The van der Waals surface area contributed by atoms with Crippen LogP contribution in [0.4, 0.5) is 0 Å². The number of aromatic nitrogens is 1. The summed E-state index contributed by atoms with van der Waals surface area (Å²) in [5.74, 6) is 0. The lowest BCUT2D eigenvalue weighted by Crippen LogP contribution is -2.24. The lowest BCUT2D eigenvalue weighted by atomic mass is 9.83. The van der Waals surface area contributed by atoms with Crippen molar-refractivity contribution in [2.24, 2.45) is 0 Å². The number of fused-ring (bicyclic) bond motifs is 3. The van der Waals surface area contributed by atoms with Crippen LogP contribution in [0.1, 0.15) is 25.1 Å². The van der Waals surface area contributed by atoms with E-state index in [-0.39, 0.29) is 11.0 Å². The van der Waals surface area contributed by atoms with Crippen molar-refractivity contribution < 1.29 is 0 Å². The van der Waals surface area contributed by atoms with E-state index in [9.17, 15) is 4.79 Å². The predicted molar refractivity (Wildman–Crippen MR) is 89.6 cm³/mol. The zero-order chi connectivity index (χ0) is 15.3. The molecule has 2 heteroatoms. The Morgan fingerprint density at radius 3 is 2.27 bits per heavy atom. The normalized spacial score (nSPS) is 14.5. The Labute approximate surface area is 129 Å². The maximum Gasteiger partial charge on any atom is 0.263 e. The number of nitrogens with zero attached hydrogens (tertiary/aromatic N) is 1. The van der Waals surface area contributed by atoms with E-state index in [0.29, 0.717) is 0 Å². The first-order chi connectivity index (χ1) is 10.6. The zero-order valence-electron chi connectivity index (χ0n) is 12.7. The molecule has 2 heterocycles. The highest BCUT2D eigenvalue weighted by Crippen LogP contribution is 2.41. The van der Waals surface area contributed by atoms with E-state index in [2.05, 4.69) is 26.0 Å². The topological polar surface area (TPSA) is 22.0 Å². The summed E-state index contributed by atoms with van der Waals surface area (Å²) in [4.78, 5) is 13.1. The fraction of sp³-hybridized carbons (Fsp3) is 0.150. The van der Waals surface area contributed by atoms with Crippen LogP contribution >= 0.6 is 0 Å². The number of hydrogen-bond donors (Lipinski definition) is 0. The largest absolute Gasteiger partial charge is 0.280 e. The van der Waals surface area contributed by atoms with Gasteiger partial charge in [-0.2, -0.15) is 0 Å². The smallest absolute Gasteiger partial charge is 0.263 e. The first kappa shape index (κ1) is 13.1. The molecule has 0 radical (unpaired) electrons. The molecule has 0 fully saturated rings. The summed E-state index contributed by atoms with van der Waals surface area (Å²) in [5, 5.41) is 0. The van der Waals surface area contributed by atoms with Crippen molar-refractivity contribution in [1.29, 1.82) is 0 Å². The quantitative estimate of drug-likeness (QED) is 0.659. The molecule has 1 aliphatic rings. The third-order valence-electron chi connectivity index (χ3n) is 4.63. The standard InChI is InChI=1S/C20H17NO/c1-20(2)16-10-6-7-11-17(16)21-18(20)13-12-15(19(21)22)14-8-4-3-5-9-14/h3-13H,1-2H3. The van der Waals surface area contributed by atoms with Gasteiger partial charge in [-0.1, -0.05) is 62.4 Å². The van der Waals surface area contributed by atoms with Gasteiger partial charge in [-0.15, -0.1) is 0 Å². The highest BCUT2D eigenvalue weighted by atomic mass is 16.1. The maximum atomic E-state index is 13.1. The molecule has 0 spiro atoms. The summed E-state index contributed by atoms with van der Waals surface area (Å²) in [5.41, 5.74) is 4.88. The number of rotatable bonds is 1. The van der Waals surface area contributed by atoms with Crippen molar-refractivity contribution in [3.8, 4) is 16.8 Å². The fourth-order valence-electron chi connectivity index (χ4n) is 3.44. The Balaban J connectivity index is 2.06. The van der Waals surface area contributed by atoms with E-state index in [4.69, 9.17) is 0 Å². The highest BCUT2D eigenvalue weighted by Gasteiger charge is 2.36. The second-order valence-corrected chi connectivity index (χ2v) is 6.28. The Hall–Kier alpha value is -2.61. The van der Waals surface area contributed by atoms with Gasteiger partial charge in [0.05, 0.1) is 5.69 Å². The molecule has 3 aromatic rings. The zero-order valence-corrected chi connectivity index (χ0v) is 12.7. The van der Waals surface area contributed by atoms with Crippen LogP contribution in [0.25, 0.3) is 16.8 Å². The van der Waals surface area contributed by atoms with E-state index < -0.39 is 0 Å². The molecule has 2 aromatic carbocycles. The van der Waals surface area contributed by atoms with Crippen LogP contribution in [-0.2, 0) is 5.41 Å². The van der Waals surface area contributed by atoms with Gasteiger partial charge < -0.3 is 0 Å². The van der Waals surface area contributed by atoms with Crippen LogP contribution in [0, 0.1) is 0 Å². The Bertz CT molecular complexity index is 920. The molecule has 1 aromatic heterocycles. The molecule has 0 saturated carbocycles. The van der Waals surface area contributed by atoms with Crippen molar-refractivity contribution in [1.82, 2.24) is 4.57 Å². The van der Waals surface area contributed by atoms with Crippen LogP contribution in [0.5, 0.6) is 0 Å². The molecule has 0 amide bonds. The monoisotopic (exact) mass is 287 g/mol. The molecule has 0 aliphatic carbocycles. The molecular weight excluding hydrogens is 270 g/mol. The van der Waals surface area contributed by atoms with Gasteiger partial charge in [-0.05, 0) is 29.3 Å². The third-order valence-corrected chi connectivity index (χ3v) is 4.63. The summed E-state index contributed by atoms with van der Waals surface area (Å²) < 4.78 is 1.87. The average Bonchev–Trinajstić information content (AvgIpc) is 2.78.